The lowest BCUT2D eigenvalue weighted by molar-refractivity contribution is 0.0663. The largest absolute Gasteiger partial charge is 0.389 e. The van der Waals surface area contributed by atoms with E-state index in [1.807, 2.05) is 0 Å². The van der Waals surface area contributed by atoms with Gasteiger partial charge >= 0.3 is 6.03 Å². The third kappa shape index (κ3) is 5.04. The smallest absolute Gasteiger partial charge is 0.319 e. The van der Waals surface area contributed by atoms with E-state index in [2.05, 4.69) is 10.6 Å². The predicted octanol–water partition coefficient (Wildman–Crippen LogP) is 1.47. The second kappa shape index (κ2) is 7.11. The van der Waals surface area contributed by atoms with Crippen LogP contribution in [0.25, 0.3) is 0 Å². The highest BCUT2D eigenvalue weighted by Gasteiger charge is 2.07. The molecule has 17 heavy (non-hydrogen) atoms. The number of halogens is 1. The maximum Gasteiger partial charge on any atom is 0.319 e. The summed E-state index contributed by atoms with van der Waals surface area (Å²) in [4.78, 5) is 11.4. The molecule has 5 nitrogen and oxygen atoms in total. The van der Waals surface area contributed by atoms with Gasteiger partial charge in [-0.3, -0.25) is 0 Å². The molecule has 0 bridgehead atoms. The Morgan fingerprint density at radius 2 is 2.24 bits per heavy atom. The maximum atomic E-state index is 11.4. The molecule has 0 heterocycles. The van der Waals surface area contributed by atoms with Gasteiger partial charge in [0.05, 0.1) is 23.4 Å². The molecule has 0 aliphatic carbocycles. The fourth-order valence-electron chi connectivity index (χ4n) is 1.19. The number of para-hydroxylation sites is 1. The van der Waals surface area contributed by atoms with Crippen molar-refractivity contribution >= 4 is 23.3 Å². The van der Waals surface area contributed by atoms with Crippen LogP contribution < -0.4 is 10.6 Å². The number of rotatable bonds is 5. The molecule has 3 N–H and O–H groups in total. The van der Waals surface area contributed by atoms with Gasteiger partial charge in [-0.25, -0.2) is 4.79 Å². The number of amides is 2. The number of carbonyl (C=O) groups excluding carboxylic acids is 1. The van der Waals surface area contributed by atoms with Crippen LogP contribution in [-0.4, -0.2) is 37.5 Å². The Morgan fingerprint density at radius 1 is 1.53 bits per heavy atom. The van der Waals surface area contributed by atoms with Crippen molar-refractivity contribution in [2.24, 2.45) is 0 Å². The minimum absolute atomic E-state index is 0.115. The second-order valence-electron chi connectivity index (χ2n) is 3.42. The number of hydrogen-bond acceptors (Lipinski definition) is 3. The van der Waals surface area contributed by atoms with Crippen LogP contribution in [0.1, 0.15) is 0 Å². The number of benzene rings is 1. The van der Waals surface area contributed by atoms with Gasteiger partial charge in [-0.05, 0) is 12.1 Å². The highest BCUT2D eigenvalue weighted by molar-refractivity contribution is 6.33. The number of hydrogen-bond donors (Lipinski definition) is 3. The van der Waals surface area contributed by atoms with Crippen molar-refractivity contribution in [2.45, 2.75) is 6.10 Å². The van der Waals surface area contributed by atoms with Crippen LogP contribution in [0.4, 0.5) is 10.5 Å². The lowest BCUT2D eigenvalue weighted by Gasteiger charge is -2.12. The van der Waals surface area contributed by atoms with E-state index in [1.54, 1.807) is 24.3 Å². The van der Waals surface area contributed by atoms with Gasteiger partial charge in [-0.15, -0.1) is 0 Å². The highest BCUT2D eigenvalue weighted by Crippen LogP contribution is 2.19. The summed E-state index contributed by atoms with van der Waals surface area (Å²) in [6.07, 6.45) is -0.725. The molecule has 0 aliphatic heterocycles. The van der Waals surface area contributed by atoms with Gasteiger partial charge in [-0.2, -0.15) is 0 Å². The molecule has 6 heteroatoms. The van der Waals surface area contributed by atoms with Gasteiger partial charge in [0.1, 0.15) is 0 Å². The third-order valence-corrected chi connectivity index (χ3v) is 2.31. The van der Waals surface area contributed by atoms with Crippen molar-refractivity contribution in [3.63, 3.8) is 0 Å². The number of anilines is 1. The fourth-order valence-corrected chi connectivity index (χ4v) is 1.37. The summed E-state index contributed by atoms with van der Waals surface area (Å²) in [5.74, 6) is 0. The number of aliphatic hydroxyl groups excluding tert-OH is 1. The van der Waals surface area contributed by atoms with Gasteiger partial charge < -0.3 is 20.5 Å². The van der Waals surface area contributed by atoms with E-state index in [9.17, 15) is 9.90 Å². The normalized spacial score (nSPS) is 11.9. The Bertz CT molecular complexity index is 373. The summed E-state index contributed by atoms with van der Waals surface area (Å²) in [7, 11) is 1.48. The van der Waals surface area contributed by atoms with E-state index >= 15 is 0 Å². The highest BCUT2D eigenvalue weighted by atomic mass is 35.5. The Labute approximate surface area is 105 Å². The number of methoxy groups -OCH3 is 1. The Balaban J connectivity index is 2.37. The summed E-state index contributed by atoms with van der Waals surface area (Å²) in [5.41, 5.74) is 0.521. The SMILES string of the molecule is COCC(O)CNC(=O)Nc1ccccc1Cl. The quantitative estimate of drug-likeness (QED) is 0.749. The number of aliphatic hydroxyl groups is 1. The van der Waals surface area contributed by atoms with E-state index < -0.39 is 12.1 Å². The van der Waals surface area contributed by atoms with Gasteiger partial charge in [0.25, 0.3) is 0 Å². The summed E-state index contributed by atoms with van der Waals surface area (Å²) >= 11 is 5.87. The Morgan fingerprint density at radius 3 is 2.88 bits per heavy atom. The number of ether oxygens (including phenoxy) is 1. The Hall–Kier alpha value is -1.30. The molecule has 1 aromatic carbocycles. The average molecular weight is 259 g/mol. The first kappa shape index (κ1) is 13.8. The molecule has 94 valence electrons. The maximum absolute atomic E-state index is 11.4. The molecular weight excluding hydrogens is 244 g/mol. The zero-order valence-electron chi connectivity index (χ0n) is 9.44. The lowest BCUT2D eigenvalue weighted by atomic mass is 10.3. The van der Waals surface area contributed by atoms with Crippen LogP contribution in [0.2, 0.25) is 5.02 Å². The first-order valence-electron chi connectivity index (χ1n) is 5.10. The number of urea groups is 1. The third-order valence-electron chi connectivity index (χ3n) is 1.98. The summed E-state index contributed by atoms with van der Waals surface area (Å²) < 4.78 is 4.73. The number of nitrogens with one attached hydrogen (secondary N) is 2. The van der Waals surface area contributed by atoms with Crippen molar-refractivity contribution in [1.82, 2.24) is 5.32 Å². The first-order valence-corrected chi connectivity index (χ1v) is 5.47. The van der Waals surface area contributed by atoms with Gasteiger partial charge in [0, 0.05) is 13.7 Å². The summed E-state index contributed by atoms with van der Waals surface area (Å²) in [6, 6.07) is 6.48. The standard InChI is InChI=1S/C11H15ClN2O3/c1-17-7-8(15)6-13-11(16)14-10-5-3-2-4-9(10)12/h2-5,8,15H,6-7H2,1H3,(H2,13,14,16). The van der Waals surface area contributed by atoms with Crippen molar-refractivity contribution in [3.8, 4) is 0 Å². The van der Waals surface area contributed by atoms with E-state index in [0.29, 0.717) is 10.7 Å². The molecule has 1 atom stereocenters. The van der Waals surface area contributed by atoms with E-state index in [-0.39, 0.29) is 13.2 Å². The van der Waals surface area contributed by atoms with Gasteiger partial charge in [-0.1, -0.05) is 23.7 Å². The van der Waals surface area contributed by atoms with Crippen molar-refractivity contribution in [3.05, 3.63) is 29.3 Å². The summed E-state index contributed by atoms with van der Waals surface area (Å²) in [6.45, 7) is 0.288. The van der Waals surface area contributed by atoms with E-state index in [1.165, 1.54) is 7.11 Å². The van der Waals surface area contributed by atoms with Crippen LogP contribution in [0.5, 0.6) is 0 Å². The average Bonchev–Trinajstić information content (AvgIpc) is 2.30. The van der Waals surface area contributed by atoms with Crippen LogP contribution >= 0.6 is 11.6 Å². The molecule has 0 saturated heterocycles. The lowest BCUT2D eigenvalue weighted by Crippen LogP contribution is -2.37. The zero-order valence-corrected chi connectivity index (χ0v) is 10.2. The minimum atomic E-state index is -0.725. The second-order valence-corrected chi connectivity index (χ2v) is 3.83. The minimum Gasteiger partial charge on any atom is -0.389 e. The topological polar surface area (TPSA) is 70.6 Å². The van der Waals surface area contributed by atoms with Crippen LogP contribution in [0.15, 0.2) is 24.3 Å². The molecule has 0 aromatic heterocycles. The van der Waals surface area contributed by atoms with E-state index in [0.717, 1.165) is 0 Å². The monoisotopic (exact) mass is 258 g/mol. The molecule has 0 saturated carbocycles. The Kier molecular flexibility index (Phi) is 5.76. The molecule has 1 aromatic rings. The first-order chi connectivity index (χ1) is 8.13. The number of carbonyl (C=O) groups is 1. The molecule has 0 radical (unpaired) electrons. The molecular formula is C11H15ClN2O3. The van der Waals surface area contributed by atoms with Crippen molar-refractivity contribution in [1.29, 1.82) is 0 Å². The molecule has 0 aliphatic rings. The predicted molar refractivity (Wildman–Crippen MR) is 66.4 cm³/mol. The zero-order chi connectivity index (χ0) is 12.7. The summed E-state index contributed by atoms with van der Waals surface area (Å²) in [5, 5.41) is 14.9. The molecule has 2 amide bonds. The molecule has 1 rings (SSSR count). The van der Waals surface area contributed by atoms with Gasteiger partial charge in [0.2, 0.25) is 0 Å². The van der Waals surface area contributed by atoms with Gasteiger partial charge in [0.15, 0.2) is 0 Å². The fraction of sp³-hybridized carbons (Fsp3) is 0.364. The molecule has 0 fully saturated rings. The van der Waals surface area contributed by atoms with Crippen LogP contribution in [0.3, 0.4) is 0 Å². The van der Waals surface area contributed by atoms with Crippen LogP contribution in [-0.2, 0) is 4.74 Å². The van der Waals surface area contributed by atoms with Crippen LogP contribution in [0, 0.1) is 0 Å². The van der Waals surface area contributed by atoms with E-state index in [4.69, 9.17) is 16.3 Å². The molecule has 1 unspecified atom stereocenters. The van der Waals surface area contributed by atoms with Crippen molar-refractivity contribution < 1.29 is 14.6 Å². The molecule has 0 spiro atoms. The van der Waals surface area contributed by atoms with Crippen molar-refractivity contribution in [2.75, 3.05) is 25.6 Å².